The molecule has 0 aliphatic heterocycles. The number of nitrogens with two attached hydrogens (primary N) is 1. The maximum atomic E-state index is 5.75. The number of hydrogen-bond acceptors (Lipinski definition) is 4. The van der Waals surface area contributed by atoms with Gasteiger partial charge in [0.25, 0.3) is 0 Å². The van der Waals surface area contributed by atoms with Gasteiger partial charge in [-0.05, 0) is 11.4 Å². The van der Waals surface area contributed by atoms with E-state index in [-0.39, 0.29) is 6.04 Å². The van der Waals surface area contributed by atoms with Crippen LogP contribution in [-0.4, -0.2) is 19.3 Å². The molecule has 3 aromatic rings. The lowest BCUT2D eigenvalue weighted by Crippen LogP contribution is -2.16. The number of thiophene rings is 1. The van der Waals surface area contributed by atoms with Crippen molar-refractivity contribution in [2.75, 3.05) is 5.73 Å². The summed E-state index contributed by atoms with van der Waals surface area (Å²) in [6, 6.07) is 4.09. The summed E-state index contributed by atoms with van der Waals surface area (Å²) in [5.74, 6) is 0.945. The maximum Gasteiger partial charge on any atom is 0.144 e. The Morgan fingerprint density at radius 2 is 2.33 bits per heavy atom. The van der Waals surface area contributed by atoms with Gasteiger partial charge in [-0.3, -0.25) is 4.68 Å². The molecule has 18 heavy (non-hydrogen) atoms. The molecule has 0 fully saturated rings. The molecule has 0 radical (unpaired) electrons. The average Bonchev–Trinajstić information content (AvgIpc) is 3.05. The zero-order chi connectivity index (χ0) is 12.5. The van der Waals surface area contributed by atoms with Gasteiger partial charge in [0, 0.05) is 30.5 Å². The normalized spacial score (nSPS) is 12.7. The van der Waals surface area contributed by atoms with Gasteiger partial charge in [0.1, 0.15) is 11.9 Å². The number of nitrogens with zero attached hydrogens (tertiary/aromatic N) is 4. The molecule has 0 saturated heterocycles. The third-order valence-electron chi connectivity index (χ3n) is 2.80. The molecule has 0 spiro atoms. The van der Waals surface area contributed by atoms with Gasteiger partial charge >= 0.3 is 0 Å². The van der Waals surface area contributed by atoms with E-state index in [1.54, 1.807) is 23.7 Å². The molecule has 0 amide bonds. The molecule has 0 aromatic carbocycles. The van der Waals surface area contributed by atoms with Crippen molar-refractivity contribution >= 4 is 17.0 Å². The Morgan fingerprint density at radius 1 is 1.44 bits per heavy atom. The Hall–Kier alpha value is -2.08. The first-order valence-electron chi connectivity index (χ1n) is 5.56. The highest BCUT2D eigenvalue weighted by atomic mass is 32.1. The molecule has 3 heterocycles. The average molecular weight is 259 g/mol. The second kappa shape index (κ2) is 4.30. The maximum absolute atomic E-state index is 5.75. The molecule has 92 valence electrons. The van der Waals surface area contributed by atoms with Gasteiger partial charge in [-0.1, -0.05) is 6.07 Å². The minimum absolute atomic E-state index is 0.0256. The standard InChI is InChI=1S/C12H13N5S/c1-16-5-4-14-12(16)11(10-3-2-6-18-10)17-8-9(13)7-15-17/h2-8,11H,13H2,1H3. The van der Waals surface area contributed by atoms with Crippen LogP contribution in [0.4, 0.5) is 5.69 Å². The van der Waals surface area contributed by atoms with Crippen LogP contribution in [0.15, 0.2) is 42.3 Å². The van der Waals surface area contributed by atoms with E-state index in [4.69, 9.17) is 5.73 Å². The number of imidazole rings is 1. The summed E-state index contributed by atoms with van der Waals surface area (Å²) in [6.07, 6.45) is 7.22. The van der Waals surface area contributed by atoms with Crippen LogP contribution in [0, 0.1) is 0 Å². The van der Waals surface area contributed by atoms with E-state index in [0.29, 0.717) is 5.69 Å². The number of aromatic nitrogens is 4. The van der Waals surface area contributed by atoms with E-state index in [2.05, 4.69) is 21.5 Å². The first-order valence-corrected chi connectivity index (χ1v) is 6.44. The zero-order valence-corrected chi connectivity index (χ0v) is 10.7. The van der Waals surface area contributed by atoms with Crippen molar-refractivity contribution in [3.05, 3.63) is 53.0 Å². The Labute approximate surface area is 109 Å². The summed E-state index contributed by atoms with van der Waals surface area (Å²) in [6.45, 7) is 0. The summed E-state index contributed by atoms with van der Waals surface area (Å²) >= 11 is 1.69. The largest absolute Gasteiger partial charge is 0.396 e. The molecule has 0 aliphatic rings. The Kier molecular flexibility index (Phi) is 2.64. The fraction of sp³-hybridized carbons (Fsp3) is 0.167. The van der Waals surface area contributed by atoms with Crippen LogP contribution in [0.2, 0.25) is 0 Å². The molecule has 1 unspecified atom stereocenters. The Morgan fingerprint density at radius 3 is 2.89 bits per heavy atom. The molecule has 0 saturated carbocycles. The third kappa shape index (κ3) is 1.80. The molecule has 1 atom stereocenters. The Bertz CT molecular complexity index is 637. The van der Waals surface area contributed by atoms with Crippen molar-refractivity contribution in [3.63, 3.8) is 0 Å². The van der Waals surface area contributed by atoms with Crippen LogP contribution in [-0.2, 0) is 7.05 Å². The van der Waals surface area contributed by atoms with Crippen molar-refractivity contribution in [2.45, 2.75) is 6.04 Å². The molecule has 5 nitrogen and oxygen atoms in total. The second-order valence-corrected chi connectivity index (χ2v) is 5.05. The van der Waals surface area contributed by atoms with E-state index < -0.39 is 0 Å². The van der Waals surface area contributed by atoms with Gasteiger partial charge in [0.2, 0.25) is 0 Å². The smallest absolute Gasteiger partial charge is 0.144 e. The molecule has 6 heteroatoms. The van der Waals surface area contributed by atoms with Gasteiger partial charge < -0.3 is 10.3 Å². The third-order valence-corrected chi connectivity index (χ3v) is 3.73. The van der Waals surface area contributed by atoms with Crippen LogP contribution in [0.25, 0.3) is 0 Å². The quantitative estimate of drug-likeness (QED) is 0.781. The highest BCUT2D eigenvalue weighted by molar-refractivity contribution is 7.10. The van der Waals surface area contributed by atoms with Crippen molar-refractivity contribution < 1.29 is 0 Å². The van der Waals surface area contributed by atoms with E-state index in [1.165, 1.54) is 4.88 Å². The summed E-state index contributed by atoms with van der Waals surface area (Å²) < 4.78 is 3.85. The van der Waals surface area contributed by atoms with Gasteiger partial charge in [-0.25, -0.2) is 4.98 Å². The summed E-state index contributed by atoms with van der Waals surface area (Å²) in [5, 5.41) is 6.37. The minimum atomic E-state index is -0.0256. The van der Waals surface area contributed by atoms with Gasteiger partial charge in [0.05, 0.1) is 11.9 Å². The minimum Gasteiger partial charge on any atom is -0.396 e. The molecule has 0 aliphatic carbocycles. The van der Waals surface area contributed by atoms with E-state index in [0.717, 1.165) is 5.82 Å². The van der Waals surface area contributed by atoms with E-state index in [1.807, 2.05) is 34.8 Å². The van der Waals surface area contributed by atoms with Gasteiger partial charge in [-0.2, -0.15) is 5.10 Å². The monoisotopic (exact) mass is 259 g/mol. The first-order chi connectivity index (χ1) is 8.75. The van der Waals surface area contributed by atoms with Crippen LogP contribution >= 0.6 is 11.3 Å². The summed E-state index contributed by atoms with van der Waals surface area (Å²) in [4.78, 5) is 5.61. The predicted octanol–water partition coefficient (Wildman–Crippen LogP) is 1.90. The number of anilines is 1. The molecule has 2 N–H and O–H groups in total. The fourth-order valence-corrected chi connectivity index (χ4v) is 2.77. The number of nitrogen functional groups attached to an aromatic ring is 1. The first kappa shape index (κ1) is 11.0. The van der Waals surface area contributed by atoms with Crippen molar-refractivity contribution in [1.29, 1.82) is 0 Å². The number of hydrogen-bond donors (Lipinski definition) is 1. The number of aryl methyl sites for hydroxylation is 1. The van der Waals surface area contributed by atoms with Gasteiger partial charge in [0.15, 0.2) is 0 Å². The zero-order valence-electron chi connectivity index (χ0n) is 9.89. The van der Waals surface area contributed by atoms with E-state index in [9.17, 15) is 0 Å². The molecular formula is C12H13N5S. The lowest BCUT2D eigenvalue weighted by Gasteiger charge is -2.15. The van der Waals surface area contributed by atoms with Crippen LogP contribution < -0.4 is 5.73 Å². The molecule has 3 rings (SSSR count). The predicted molar refractivity (Wildman–Crippen MR) is 71.4 cm³/mol. The van der Waals surface area contributed by atoms with Crippen molar-refractivity contribution in [3.8, 4) is 0 Å². The molecule has 0 bridgehead atoms. The summed E-state index contributed by atoms with van der Waals surface area (Å²) in [5.41, 5.74) is 6.41. The molecular weight excluding hydrogens is 246 g/mol. The second-order valence-electron chi connectivity index (χ2n) is 4.07. The van der Waals surface area contributed by atoms with Crippen LogP contribution in [0.1, 0.15) is 16.7 Å². The van der Waals surface area contributed by atoms with Crippen molar-refractivity contribution in [2.24, 2.45) is 7.05 Å². The number of rotatable bonds is 3. The summed E-state index contributed by atoms with van der Waals surface area (Å²) in [7, 11) is 1.98. The lowest BCUT2D eigenvalue weighted by molar-refractivity contribution is 0.556. The Balaban J connectivity index is 2.13. The SMILES string of the molecule is Cn1ccnc1C(c1cccs1)n1cc(N)cn1. The van der Waals surface area contributed by atoms with E-state index >= 15 is 0 Å². The molecule has 3 aromatic heterocycles. The topological polar surface area (TPSA) is 61.7 Å². The highest BCUT2D eigenvalue weighted by Gasteiger charge is 2.21. The lowest BCUT2D eigenvalue weighted by atomic mass is 10.2. The van der Waals surface area contributed by atoms with Crippen LogP contribution in [0.5, 0.6) is 0 Å². The van der Waals surface area contributed by atoms with Gasteiger partial charge in [-0.15, -0.1) is 11.3 Å². The van der Waals surface area contributed by atoms with Crippen molar-refractivity contribution in [1.82, 2.24) is 19.3 Å². The van der Waals surface area contributed by atoms with Crippen LogP contribution in [0.3, 0.4) is 0 Å². The fourth-order valence-electron chi connectivity index (χ4n) is 1.96. The highest BCUT2D eigenvalue weighted by Crippen LogP contribution is 2.28.